The molecule has 1 heterocycles. The Hall–Kier alpha value is -2.50. The van der Waals surface area contributed by atoms with E-state index in [1.807, 2.05) is 0 Å². The summed E-state index contributed by atoms with van der Waals surface area (Å²) in [5.41, 5.74) is 3.55. The van der Waals surface area contributed by atoms with Gasteiger partial charge in [-0.3, -0.25) is 4.90 Å². The van der Waals surface area contributed by atoms with Gasteiger partial charge in [-0.2, -0.15) is 0 Å². The maximum Gasteiger partial charge on any atom is 0.113 e. The second-order valence-corrected chi connectivity index (χ2v) is 12.6. The summed E-state index contributed by atoms with van der Waals surface area (Å²) in [6, 6.07) is 31.7. The molecule has 0 radical (unpaired) electrons. The molecule has 3 aromatic rings. The predicted molar refractivity (Wildman–Crippen MR) is 166 cm³/mol. The van der Waals surface area contributed by atoms with E-state index in [2.05, 4.69) is 117 Å². The molecule has 0 bridgehead atoms. The van der Waals surface area contributed by atoms with Gasteiger partial charge in [0.2, 0.25) is 0 Å². The summed E-state index contributed by atoms with van der Waals surface area (Å²) < 4.78 is 20.3. The lowest BCUT2D eigenvalue weighted by molar-refractivity contribution is -0.202. The van der Waals surface area contributed by atoms with E-state index in [0.29, 0.717) is 19.8 Å². The van der Waals surface area contributed by atoms with E-state index in [9.17, 15) is 0 Å². The van der Waals surface area contributed by atoms with Gasteiger partial charge in [-0.25, -0.2) is 0 Å². The van der Waals surface area contributed by atoms with Gasteiger partial charge in [-0.1, -0.05) is 105 Å². The number of rotatable bonds is 12. The van der Waals surface area contributed by atoms with E-state index >= 15 is 0 Å². The molecule has 4 unspecified atom stereocenters. The molecule has 3 aromatic carbocycles. The van der Waals surface area contributed by atoms with E-state index < -0.39 is 0 Å². The number of benzene rings is 3. The molecule has 0 N–H and O–H groups in total. The molecule has 1 aliphatic carbocycles. The van der Waals surface area contributed by atoms with Crippen molar-refractivity contribution < 1.29 is 14.2 Å². The van der Waals surface area contributed by atoms with Gasteiger partial charge in [0.1, 0.15) is 12.2 Å². The highest BCUT2D eigenvalue weighted by Crippen LogP contribution is 2.36. The quantitative estimate of drug-likeness (QED) is 0.227. The Morgan fingerprint density at radius 1 is 0.634 bits per heavy atom. The van der Waals surface area contributed by atoms with E-state index in [0.717, 1.165) is 30.8 Å². The van der Waals surface area contributed by atoms with E-state index in [-0.39, 0.29) is 24.4 Å². The van der Waals surface area contributed by atoms with Gasteiger partial charge in [0.25, 0.3) is 0 Å². The van der Waals surface area contributed by atoms with Crippen LogP contribution in [0.5, 0.6) is 0 Å². The van der Waals surface area contributed by atoms with Crippen molar-refractivity contribution in [1.29, 1.82) is 0 Å². The fourth-order valence-electron chi connectivity index (χ4n) is 6.70. The molecule has 5 rings (SSSR count). The second-order valence-electron chi connectivity index (χ2n) is 12.6. The maximum absolute atomic E-state index is 6.79. The predicted octanol–water partition coefficient (Wildman–Crippen LogP) is 7.91. The smallest absolute Gasteiger partial charge is 0.113 e. The van der Waals surface area contributed by atoms with Crippen molar-refractivity contribution in [1.82, 2.24) is 4.90 Å². The Morgan fingerprint density at radius 3 is 1.59 bits per heavy atom. The minimum atomic E-state index is -0.162. The Morgan fingerprint density at radius 2 is 1.10 bits per heavy atom. The molecule has 4 nitrogen and oxygen atoms in total. The number of hydrogen-bond donors (Lipinski definition) is 0. The molecule has 1 saturated carbocycles. The minimum Gasteiger partial charge on any atom is -0.369 e. The molecule has 2 fully saturated rings. The molecule has 1 aliphatic heterocycles. The third-order valence-electron chi connectivity index (χ3n) is 9.36. The van der Waals surface area contributed by atoms with Gasteiger partial charge in [0.15, 0.2) is 0 Å². The SMILES string of the molecule is CC(C)C1CCC(CN2CC(OCc3ccccc3)C(OCc3ccccc3)C(OCc3ccccc3)C2C)CC1. The van der Waals surface area contributed by atoms with E-state index in [4.69, 9.17) is 14.2 Å². The second kappa shape index (κ2) is 15.1. The minimum absolute atomic E-state index is 0.0807. The summed E-state index contributed by atoms with van der Waals surface area (Å²) in [6.07, 6.45) is 5.02. The third-order valence-corrected chi connectivity index (χ3v) is 9.36. The van der Waals surface area contributed by atoms with Gasteiger partial charge < -0.3 is 14.2 Å². The Bertz CT molecular complexity index is 1130. The zero-order chi connectivity index (χ0) is 28.4. The zero-order valence-electron chi connectivity index (χ0n) is 25.2. The fourth-order valence-corrected chi connectivity index (χ4v) is 6.70. The lowest BCUT2D eigenvalue weighted by atomic mass is 9.76. The van der Waals surface area contributed by atoms with Crippen molar-refractivity contribution in [3.8, 4) is 0 Å². The molecule has 41 heavy (non-hydrogen) atoms. The lowest BCUT2D eigenvalue weighted by Gasteiger charge is -2.48. The Balaban J connectivity index is 1.35. The maximum atomic E-state index is 6.79. The third kappa shape index (κ3) is 8.51. The highest BCUT2D eigenvalue weighted by atomic mass is 16.6. The fraction of sp³-hybridized carbons (Fsp3) is 0.514. The first kappa shape index (κ1) is 30.0. The standard InChI is InChI=1S/C37H49NO3/c1-28(2)34-21-19-30(20-22-34)23-38-24-35(39-25-31-13-7-4-8-14-31)37(41-27-33-17-11-6-12-18-33)36(29(38)3)40-26-32-15-9-5-10-16-32/h4-18,28-30,34-37H,19-27H2,1-3H3. The summed E-state index contributed by atoms with van der Waals surface area (Å²) >= 11 is 0. The van der Waals surface area contributed by atoms with Crippen LogP contribution in [0.25, 0.3) is 0 Å². The van der Waals surface area contributed by atoms with Crippen LogP contribution < -0.4 is 0 Å². The zero-order valence-corrected chi connectivity index (χ0v) is 25.2. The Kier molecular flexibility index (Phi) is 11.0. The van der Waals surface area contributed by atoms with Crippen LogP contribution in [0.1, 0.15) is 63.1 Å². The van der Waals surface area contributed by atoms with Gasteiger partial charge in [0, 0.05) is 19.1 Å². The van der Waals surface area contributed by atoms with Crippen LogP contribution in [0, 0.1) is 17.8 Å². The van der Waals surface area contributed by atoms with Crippen LogP contribution in [-0.2, 0) is 34.0 Å². The number of piperidine rings is 1. The number of ether oxygens (including phenoxy) is 3. The average Bonchev–Trinajstić information content (AvgIpc) is 3.01. The normalized spacial score (nSPS) is 27.2. The van der Waals surface area contributed by atoms with Crippen LogP contribution >= 0.6 is 0 Å². The van der Waals surface area contributed by atoms with Crippen molar-refractivity contribution >= 4 is 0 Å². The van der Waals surface area contributed by atoms with Crippen LogP contribution in [0.2, 0.25) is 0 Å². The molecule has 2 aliphatic rings. The molecule has 220 valence electrons. The first-order chi connectivity index (χ1) is 20.1. The van der Waals surface area contributed by atoms with Crippen molar-refractivity contribution in [3.05, 3.63) is 108 Å². The van der Waals surface area contributed by atoms with Gasteiger partial charge in [-0.15, -0.1) is 0 Å². The first-order valence-corrected chi connectivity index (χ1v) is 15.8. The van der Waals surface area contributed by atoms with Crippen molar-refractivity contribution in [2.24, 2.45) is 17.8 Å². The van der Waals surface area contributed by atoms with Crippen LogP contribution in [0.3, 0.4) is 0 Å². The topological polar surface area (TPSA) is 30.9 Å². The van der Waals surface area contributed by atoms with Crippen molar-refractivity contribution in [3.63, 3.8) is 0 Å². The van der Waals surface area contributed by atoms with Crippen molar-refractivity contribution in [2.75, 3.05) is 13.1 Å². The average molecular weight is 556 g/mol. The van der Waals surface area contributed by atoms with E-state index in [1.54, 1.807) is 0 Å². The molecule has 0 spiro atoms. The van der Waals surface area contributed by atoms with Gasteiger partial charge in [-0.05, 0) is 67.1 Å². The summed E-state index contributed by atoms with van der Waals surface area (Å²) in [5.74, 6) is 2.41. The van der Waals surface area contributed by atoms with Crippen molar-refractivity contribution in [2.45, 2.75) is 90.6 Å². The summed E-state index contributed by atoms with van der Waals surface area (Å²) in [7, 11) is 0. The highest BCUT2D eigenvalue weighted by Gasteiger charge is 2.44. The van der Waals surface area contributed by atoms with Crippen LogP contribution in [0.4, 0.5) is 0 Å². The molecular formula is C37H49NO3. The van der Waals surface area contributed by atoms with Crippen LogP contribution in [-0.4, -0.2) is 42.3 Å². The monoisotopic (exact) mass is 555 g/mol. The van der Waals surface area contributed by atoms with E-state index in [1.165, 1.54) is 42.4 Å². The molecule has 0 aromatic heterocycles. The van der Waals surface area contributed by atoms with Gasteiger partial charge in [0.05, 0.1) is 25.9 Å². The summed E-state index contributed by atoms with van der Waals surface area (Å²) in [6.45, 7) is 10.8. The molecular weight excluding hydrogens is 506 g/mol. The molecule has 4 heteroatoms. The lowest BCUT2D eigenvalue weighted by Crippen LogP contribution is -2.63. The molecule has 0 amide bonds. The van der Waals surface area contributed by atoms with Crippen LogP contribution in [0.15, 0.2) is 91.0 Å². The summed E-state index contributed by atoms with van der Waals surface area (Å²) in [4.78, 5) is 2.65. The summed E-state index contributed by atoms with van der Waals surface area (Å²) in [5, 5.41) is 0. The van der Waals surface area contributed by atoms with Gasteiger partial charge >= 0.3 is 0 Å². The molecule has 1 saturated heterocycles. The number of hydrogen-bond acceptors (Lipinski definition) is 4. The molecule has 4 atom stereocenters. The largest absolute Gasteiger partial charge is 0.369 e. The Labute approximate surface area is 248 Å². The first-order valence-electron chi connectivity index (χ1n) is 15.8. The number of nitrogens with zero attached hydrogens (tertiary/aromatic N) is 1. The highest BCUT2D eigenvalue weighted by molar-refractivity contribution is 5.16. The number of likely N-dealkylation sites (tertiary alicyclic amines) is 1.